The number of pyridine rings is 1. The van der Waals surface area contributed by atoms with Crippen molar-refractivity contribution >= 4 is 44.5 Å². The summed E-state index contributed by atoms with van der Waals surface area (Å²) in [7, 11) is 0. The van der Waals surface area contributed by atoms with Crippen molar-refractivity contribution in [3.63, 3.8) is 0 Å². The zero-order valence-corrected chi connectivity index (χ0v) is 17.0. The monoisotopic (exact) mass is 441 g/mol. The van der Waals surface area contributed by atoms with E-state index in [-0.39, 0.29) is 17.7 Å². The van der Waals surface area contributed by atoms with Gasteiger partial charge in [0, 0.05) is 29.1 Å². The number of nitrogens with zero attached hydrogens (tertiary/aromatic N) is 2. The Bertz CT molecular complexity index is 1030. The third-order valence-electron chi connectivity index (χ3n) is 4.93. The van der Waals surface area contributed by atoms with Gasteiger partial charge in [-0.1, -0.05) is 22.0 Å². The molecule has 1 aromatic carbocycles. The fourth-order valence-electron chi connectivity index (χ4n) is 3.42. The number of halogens is 1. The van der Waals surface area contributed by atoms with Crippen molar-refractivity contribution in [1.82, 2.24) is 9.88 Å². The smallest absolute Gasteiger partial charge is 0.289 e. The van der Waals surface area contributed by atoms with Crippen molar-refractivity contribution in [2.75, 3.05) is 18.4 Å². The summed E-state index contributed by atoms with van der Waals surface area (Å²) in [5.74, 6) is 0.274. The highest BCUT2D eigenvalue weighted by molar-refractivity contribution is 9.10. The molecule has 4 rings (SSSR count). The third kappa shape index (κ3) is 3.94. The van der Waals surface area contributed by atoms with Crippen LogP contribution in [0.25, 0.3) is 11.0 Å². The van der Waals surface area contributed by atoms with Crippen LogP contribution in [0.1, 0.15) is 29.0 Å². The maximum absolute atomic E-state index is 12.9. The first-order chi connectivity index (χ1) is 13.5. The second kappa shape index (κ2) is 7.75. The van der Waals surface area contributed by atoms with Crippen LogP contribution >= 0.6 is 15.9 Å². The van der Waals surface area contributed by atoms with Gasteiger partial charge < -0.3 is 14.6 Å². The standard InChI is InChI=1S/C21H20BrN3O3/c1-13-4-7-19(23-11-13)24-20(26)14-3-2-8-25(12-14)21(27)18-10-15-9-16(22)5-6-17(15)28-18/h4-7,9-11,14H,2-3,8,12H2,1H3,(H,23,24,26). The molecule has 3 aromatic rings. The van der Waals surface area contributed by atoms with Crippen LogP contribution in [-0.4, -0.2) is 34.8 Å². The molecule has 0 radical (unpaired) electrons. The number of hydrogen-bond acceptors (Lipinski definition) is 4. The lowest BCUT2D eigenvalue weighted by Crippen LogP contribution is -2.43. The van der Waals surface area contributed by atoms with Gasteiger partial charge in [0.25, 0.3) is 5.91 Å². The van der Waals surface area contributed by atoms with Gasteiger partial charge in [-0.15, -0.1) is 0 Å². The molecule has 144 valence electrons. The van der Waals surface area contributed by atoms with Crippen molar-refractivity contribution in [3.05, 3.63) is 58.4 Å². The van der Waals surface area contributed by atoms with Crippen LogP contribution in [0.4, 0.5) is 5.82 Å². The molecule has 0 saturated carbocycles. The number of carbonyl (C=O) groups excluding carboxylic acids is 2. The predicted molar refractivity (Wildman–Crippen MR) is 110 cm³/mol. The maximum Gasteiger partial charge on any atom is 0.289 e. The molecular weight excluding hydrogens is 422 g/mol. The quantitative estimate of drug-likeness (QED) is 0.653. The van der Waals surface area contributed by atoms with Crippen LogP contribution in [-0.2, 0) is 4.79 Å². The first-order valence-electron chi connectivity index (χ1n) is 9.21. The molecular formula is C21H20BrN3O3. The van der Waals surface area contributed by atoms with Crippen LogP contribution in [0.2, 0.25) is 0 Å². The van der Waals surface area contributed by atoms with Gasteiger partial charge in [0.15, 0.2) is 5.76 Å². The number of likely N-dealkylation sites (tertiary alicyclic amines) is 1. The van der Waals surface area contributed by atoms with Crippen molar-refractivity contribution < 1.29 is 14.0 Å². The molecule has 0 aliphatic carbocycles. The van der Waals surface area contributed by atoms with E-state index < -0.39 is 0 Å². The second-order valence-corrected chi connectivity index (χ2v) is 8.01. The number of furan rings is 1. The van der Waals surface area contributed by atoms with E-state index in [1.807, 2.05) is 31.2 Å². The van der Waals surface area contributed by atoms with Gasteiger partial charge in [0.2, 0.25) is 5.91 Å². The normalized spacial score (nSPS) is 16.9. The number of rotatable bonds is 3. The summed E-state index contributed by atoms with van der Waals surface area (Å²) in [6.45, 7) is 2.93. The summed E-state index contributed by atoms with van der Waals surface area (Å²) in [6, 6.07) is 11.1. The summed E-state index contributed by atoms with van der Waals surface area (Å²) >= 11 is 3.42. The van der Waals surface area contributed by atoms with Gasteiger partial charge in [-0.2, -0.15) is 0 Å². The number of carbonyl (C=O) groups is 2. The minimum atomic E-state index is -0.265. The van der Waals surface area contributed by atoms with E-state index in [0.717, 1.165) is 28.3 Å². The van der Waals surface area contributed by atoms with Gasteiger partial charge in [-0.05, 0) is 55.7 Å². The molecule has 1 fully saturated rings. The summed E-state index contributed by atoms with van der Waals surface area (Å²) in [5.41, 5.74) is 1.70. The summed E-state index contributed by atoms with van der Waals surface area (Å²) in [4.78, 5) is 31.4. The summed E-state index contributed by atoms with van der Waals surface area (Å²) in [5, 5.41) is 3.72. The zero-order chi connectivity index (χ0) is 19.7. The second-order valence-electron chi connectivity index (χ2n) is 7.09. The van der Waals surface area contributed by atoms with Crippen LogP contribution in [0.5, 0.6) is 0 Å². The lowest BCUT2D eigenvalue weighted by atomic mass is 9.97. The number of piperidine rings is 1. The van der Waals surface area contributed by atoms with Crippen LogP contribution < -0.4 is 5.32 Å². The molecule has 0 spiro atoms. The molecule has 3 heterocycles. The van der Waals surface area contributed by atoms with E-state index in [4.69, 9.17) is 4.42 Å². The van der Waals surface area contributed by atoms with Crippen molar-refractivity contribution in [1.29, 1.82) is 0 Å². The van der Waals surface area contributed by atoms with Crippen molar-refractivity contribution in [2.45, 2.75) is 19.8 Å². The molecule has 1 N–H and O–H groups in total. The fraction of sp³-hybridized carbons (Fsp3) is 0.286. The van der Waals surface area contributed by atoms with E-state index in [2.05, 4.69) is 26.2 Å². The van der Waals surface area contributed by atoms with Gasteiger partial charge in [0.05, 0.1) is 5.92 Å². The number of aromatic nitrogens is 1. The minimum absolute atomic E-state index is 0.109. The zero-order valence-electron chi connectivity index (χ0n) is 15.4. The number of amides is 2. The van der Waals surface area contributed by atoms with Gasteiger partial charge in [-0.3, -0.25) is 9.59 Å². The summed E-state index contributed by atoms with van der Waals surface area (Å²) in [6.07, 6.45) is 3.23. The van der Waals surface area contributed by atoms with E-state index in [9.17, 15) is 9.59 Å². The predicted octanol–water partition coefficient (Wildman–Crippen LogP) is 4.39. The third-order valence-corrected chi connectivity index (χ3v) is 5.42. The van der Waals surface area contributed by atoms with Crippen LogP contribution in [0.3, 0.4) is 0 Å². The SMILES string of the molecule is Cc1ccc(NC(=O)C2CCCN(C(=O)c3cc4cc(Br)ccc4o3)C2)nc1. The Morgan fingerprint density at radius 2 is 2.11 bits per heavy atom. The van der Waals surface area contributed by atoms with E-state index in [1.54, 1.807) is 23.2 Å². The Morgan fingerprint density at radius 1 is 1.25 bits per heavy atom. The lowest BCUT2D eigenvalue weighted by molar-refractivity contribution is -0.121. The molecule has 6 nitrogen and oxygen atoms in total. The molecule has 28 heavy (non-hydrogen) atoms. The van der Waals surface area contributed by atoms with Gasteiger partial charge >= 0.3 is 0 Å². The van der Waals surface area contributed by atoms with Crippen LogP contribution in [0.15, 0.2) is 51.5 Å². The molecule has 1 aliphatic rings. The number of hydrogen-bond donors (Lipinski definition) is 1. The minimum Gasteiger partial charge on any atom is -0.451 e. The average molecular weight is 442 g/mol. The first-order valence-corrected chi connectivity index (χ1v) is 10.0. The Hall–Kier alpha value is -2.67. The lowest BCUT2D eigenvalue weighted by Gasteiger charge is -2.31. The van der Waals surface area contributed by atoms with E-state index >= 15 is 0 Å². The molecule has 1 unspecified atom stereocenters. The Labute approximate surface area is 171 Å². The Morgan fingerprint density at radius 3 is 2.89 bits per heavy atom. The average Bonchev–Trinajstić information content (AvgIpc) is 3.12. The Kier molecular flexibility index (Phi) is 5.17. The topological polar surface area (TPSA) is 75.4 Å². The Balaban J connectivity index is 1.45. The number of fused-ring (bicyclic) bond motifs is 1. The highest BCUT2D eigenvalue weighted by Crippen LogP contribution is 2.26. The molecule has 2 amide bonds. The summed E-state index contributed by atoms with van der Waals surface area (Å²) < 4.78 is 6.65. The molecule has 1 atom stereocenters. The molecule has 1 aliphatic heterocycles. The first kappa shape index (κ1) is 18.7. The number of aryl methyl sites for hydroxylation is 1. The van der Waals surface area contributed by atoms with Crippen molar-refractivity contribution in [3.8, 4) is 0 Å². The molecule has 2 aromatic heterocycles. The van der Waals surface area contributed by atoms with Crippen LogP contribution in [0, 0.1) is 12.8 Å². The van der Waals surface area contributed by atoms with Gasteiger partial charge in [0.1, 0.15) is 11.4 Å². The molecule has 1 saturated heterocycles. The number of anilines is 1. The molecule has 7 heteroatoms. The largest absolute Gasteiger partial charge is 0.451 e. The highest BCUT2D eigenvalue weighted by Gasteiger charge is 2.30. The van der Waals surface area contributed by atoms with Crippen molar-refractivity contribution in [2.24, 2.45) is 5.92 Å². The highest BCUT2D eigenvalue weighted by atomic mass is 79.9. The van der Waals surface area contributed by atoms with Gasteiger partial charge in [-0.25, -0.2) is 4.98 Å². The van der Waals surface area contributed by atoms with E-state index in [1.165, 1.54) is 0 Å². The maximum atomic E-state index is 12.9. The number of nitrogens with one attached hydrogen (secondary N) is 1. The fourth-order valence-corrected chi connectivity index (χ4v) is 3.80. The number of benzene rings is 1. The molecule has 0 bridgehead atoms. The van der Waals surface area contributed by atoms with E-state index in [0.29, 0.717) is 30.3 Å².